The first kappa shape index (κ1) is 15.9. The minimum Gasteiger partial charge on any atom is -0.395 e. The molecule has 19 heavy (non-hydrogen) atoms. The molecule has 2 N–H and O–H groups in total. The zero-order valence-electron chi connectivity index (χ0n) is 11.5. The Balaban J connectivity index is 3.11. The van der Waals surface area contributed by atoms with Crippen molar-refractivity contribution in [2.45, 2.75) is 26.8 Å². The average Bonchev–Trinajstić information content (AvgIpc) is 2.37. The summed E-state index contributed by atoms with van der Waals surface area (Å²) >= 11 is 3.33. The summed E-state index contributed by atoms with van der Waals surface area (Å²) in [5.74, 6) is 0.438. The maximum Gasteiger partial charge on any atom is 0.257 e. The van der Waals surface area contributed by atoms with E-state index in [4.69, 9.17) is 5.11 Å². The quantitative estimate of drug-likeness (QED) is 0.839. The molecule has 0 bridgehead atoms. The maximum atomic E-state index is 12.5. The Morgan fingerprint density at radius 1 is 1.58 bits per heavy atom. The average molecular weight is 330 g/mol. The molecule has 1 rings (SSSR count). The van der Waals surface area contributed by atoms with Gasteiger partial charge in [-0.25, -0.2) is 4.98 Å². The topological polar surface area (TPSA) is 65.5 Å². The van der Waals surface area contributed by atoms with Gasteiger partial charge in [0, 0.05) is 29.8 Å². The van der Waals surface area contributed by atoms with Crippen molar-refractivity contribution < 1.29 is 9.90 Å². The zero-order chi connectivity index (χ0) is 14.4. The largest absolute Gasteiger partial charge is 0.395 e. The number of halogens is 1. The molecular formula is C13H20BrN3O2. The molecule has 6 heteroatoms. The van der Waals surface area contributed by atoms with Crippen LogP contribution in [0.3, 0.4) is 0 Å². The van der Waals surface area contributed by atoms with Gasteiger partial charge in [-0.2, -0.15) is 0 Å². The highest BCUT2D eigenvalue weighted by molar-refractivity contribution is 9.10. The minimum absolute atomic E-state index is 0.0214. The van der Waals surface area contributed by atoms with E-state index in [0.29, 0.717) is 24.5 Å². The normalized spacial score (nSPS) is 10.6. The number of carbonyl (C=O) groups is 1. The molecule has 1 aromatic rings. The molecule has 1 heterocycles. The van der Waals surface area contributed by atoms with Gasteiger partial charge in [-0.1, -0.05) is 0 Å². The second-order valence-electron chi connectivity index (χ2n) is 4.40. The van der Waals surface area contributed by atoms with E-state index in [2.05, 4.69) is 26.2 Å². The first-order chi connectivity index (χ1) is 9.01. The number of nitrogens with zero attached hydrogens (tertiary/aromatic N) is 2. The van der Waals surface area contributed by atoms with Gasteiger partial charge in [-0.3, -0.25) is 4.79 Å². The highest BCUT2D eigenvalue weighted by Gasteiger charge is 2.21. The van der Waals surface area contributed by atoms with Gasteiger partial charge < -0.3 is 15.3 Å². The molecule has 0 aliphatic rings. The van der Waals surface area contributed by atoms with Crippen molar-refractivity contribution in [1.82, 2.24) is 9.88 Å². The Morgan fingerprint density at radius 3 is 2.79 bits per heavy atom. The van der Waals surface area contributed by atoms with Crippen molar-refractivity contribution in [3.8, 4) is 0 Å². The van der Waals surface area contributed by atoms with E-state index < -0.39 is 0 Å². The summed E-state index contributed by atoms with van der Waals surface area (Å²) in [6, 6.07) is 1.77. The number of hydrogen-bond acceptors (Lipinski definition) is 4. The molecule has 0 saturated heterocycles. The van der Waals surface area contributed by atoms with Gasteiger partial charge in [0.25, 0.3) is 5.91 Å². The van der Waals surface area contributed by atoms with Crippen molar-refractivity contribution in [1.29, 1.82) is 0 Å². The Bertz CT molecular complexity index is 438. The highest BCUT2D eigenvalue weighted by atomic mass is 79.9. The molecule has 0 spiro atoms. The summed E-state index contributed by atoms with van der Waals surface area (Å²) in [4.78, 5) is 18.4. The van der Waals surface area contributed by atoms with Crippen molar-refractivity contribution in [3.63, 3.8) is 0 Å². The first-order valence-corrected chi connectivity index (χ1v) is 7.11. The lowest BCUT2D eigenvalue weighted by atomic mass is 10.2. The molecule has 0 unspecified atom stereocenters. The third-order valence-electron chi connectivity index (χ3n) is 2.65. The summed E-state index contributed by atoms with van der Waals surface area (Å²) in [6.07, 6.45) is 1.65. The van der Waals surface area contributed by atoms with Gasteiger partial charge in [-0.05, 0) is 42.8 Å². The predicted octanol–water partition coefficient (Wildman–Crippen LogP) is 2.12. The van der Waals surface area contributed by atoms with Crippen LogP contribution in [0.5, 0.6) is 0 Å². The van der Waals surface area contributed by atoms with Gasteiger partial charge in [0.2, 0.25) is 0 Å². The number of anilines is 1. The molecule has 0 aromatic carbocycles. The summed E-state index contributed by atoms with van der Waals surface area (Å²) in [7, 11) is 0. The van der Waals surface area contributed by atoms with Gasteiger partial charge in [0.15, 0.2) is 0 Å². The number of aliphatic hydroxyl groups is 1. The van der Waals surface area contributed by atoms with E-state index in [1.165, 1.54) is 0 Å². The summed E-state index contributed by atoms with van der Waals surface area (Å²) in [5, 5.41) is 12.2. The number of aromatic nitrogens is 1. The summed E-state index contributed by atoms with van der Waals surface area (Å²) in [5.41, 5.74) is 0.512. The third kappa shape index (κ3) is 4.18. The second-order valence-corrected chi connectivity index (χ2v) is 5.31. The van der Waals surface area contributed by atoms with Crippen molar-refractivity contribution >= 4 is 27.7 Å². The summed E-state index contributed by atoms with van der Waals surface area (Å²) < 4.78 is 0.755. The Labute approximate surface area is 122 Å². The molecule has 0 aliphatic carbocycles. The fourth-order valence-electron chi connectivity index (χ4n) is 1.77. The Hall–Kier alpha value is -1.14. The maximum absolute atomic E-state index is 12.5. The molecule has 1 aromatic heterocycles. The number of hydrogen-bond donors (Lipinski definition) is 2. The smallest absolute Gasteiger partial charge is 0.257 e. The van der Waals surface area contributed by atoms with Crippen LogP contribution in [0.2, 0.25) is 0 Å². The number of amides is 1. The van der Waals surface area contributed by atoms with E-state index in [9.17, 15) is 4.79 Å². The predicted molar refractivity (Wildman–Crippen MR) is 79.4 cm³/mol. The van der Waals surface area contributed by atoms with Crippen LogP contribution in [0, 0.1) is 0 Å². The Morgan fingerprint density at radius 2 is 2.26 bits per heavy atom. The molecule has 106 valence electrons. The lowest BCUT2D eigenvalue weighted by molar-refractivity contribution is 0.0666. The van der Waals surface area contributed by atoms with Crippen molar-refractivity contribution in [2.24, 2.45) is 0 Å². The summed E-state index contributed by atoms with van der Waals surface area (Å²) in [6.45, 7) is 6.75. The molecule has 1 amide bonds. The van der Waals surface area contributed by atoms with Gasteiger partial charge in [0.1, 0.15) is 5.82 Å². The standard InChI is InChI=1S/C13H20BrN3O2/c1-4-15-12-11(7-10(14)8-16-12)13(19)17(5-6-18)9(2)3/h7-9,18H,4-6H2,1-3H3,(H,15,16). The number of rotatable bonds is 6. The molecule has 0 aliphatic heterocycles. The number of aliphatic hydroxyl groups excluding tert-OH is 1. The van der Waals surface area contributed by atoms with Crippen LogP contribution in [0.25, 0.3) is 0 Å². The molecular weight excluding hydrogens is 310 g/mol. The van der Waals surface area contributed by atoms with E-state index in [0.717, 1.165) is 4.47 Å². The molecule has 5 nitrogen and oxygen atoms in total. The zero-order valence-corrected chi connectivity index (χ0v) is 13.1. The van der Waals surface area contributed by atoms with E-state index in [1.54, 1.807) is 17.2 Å². The monoisotopic (exact) mass is 329 g/mol. The van der Waals surface area contributed by atoms with Gasteiger partial charge in [-0.15, -0.1) is 0 Å². The van der Waals surface area contributed by atoms with Crippen LogP contribution in [-0.2, 0) is 0 Å². The van der Waals surface area contributed by atoms with Crippen LogP contribution in [0.1, 0.15) is 31.1 Å². The van der Waals surface area contributed by atoms with Crippen LogP contribution >= 0.6 is 15.9 Å². The van der Waals surface area contributed by atoms with Crippen LogP contribution in [-0.4, -0.2) is 46.6 Å². The number of pyridine rings is 1. The lowest BCUT2D eigenvalue weighted by Gasteiger charge is -2.26. The molecule has 0 atom stereocenters. The number of carbonyl (C=O) groups excluding carboxylic acids is 1. The fraction of sp³-hybridized carbons (Fsp3) is 0.538. The third-order valence-corrected chi connectivity index (χ3v) is 3.09. The lowest BCUT2D eigenvalue weighted by Crippen LogP contribution is -2.39. The van der Waals surface area contributed by atoms with Gasteiger partial charge in [0.05, 0.1) is 12.2 Å². The van der Waals surface area contributed by atoms with E-state index >= 15 is 0 Å². The van der Waals surface area contributed by atoms with E-state index in [-0.39, 0.29) is 18.6 Å². The second kappa shape index (κ2) is 7.45. The van der Waals surface area contributed by atoms with Crippen LogP contribution in [0.15, 0.2) is 16.7 Å². The molecule has 0 radical (unpaired) electrons. The van der Waals surface area contributed by atoms with Crippen LogP contribution in [0.4, 0.5) is 5.82 Å². The van der Waals surface area contributed by atoms with E-state index in [1.807, 2.05) is 20.8 Å². The Kier molecular flexibility index (Phi) is 6.24. The first-order valence-electron chi connectivity index (χ1n) is 6.32. The molecule has 0 saturated carbocycles. The van der Waals surface area contributed by atoms with Crippen molar-refractivity contribution in [2.75, 3.05) is 25.0 Å². The van der Waals surface area contributed by atoms with Crippen LogP contribution < -0.4 is 5.32 Å². The minimum atomic E-state index is -0.131. The number of nitrogens with one attached hydrogen (secondary N) is 1. The van der Waals surface area contributed by atoms with Crippen molar-refractivity contribution in [3.05, 3.63) is 22.3 Å². The van der Waals surface area contributed by atoms with Gasteiger partial charge >= 0.3 is 0 Å². The molecule has 0 fully saturated rings. The highest BCUT2D eigenvalue weighted by Crippen LogP contribution is 2.20. The SMILES string of the molecule is CCNc1ncc(Br)cc1C(=O)N(CCO)C(C)C. The fourth-order valence-corrected chi connectivity index (χ4v) is 2.10.